The summed E-state index contributed by atoms with van der Waals surface area (Å²) in [7, 11) is 0. The van der Waals surface area contributed by atoms with Gasteiger partial charge in [-0.15, -0.1) is 16.9 Å². The van der Waals surface area contributed by atoms with Crippen molar-refractivity contribution in [3.63, 3.8) is 0 Å². The second-order valence-electron chi connectivity index (χ2n) is 5.23. The minimum absolute atomic E-state index is 0.307. The van der Waals surface area contributed by atoms with Crippen LogP contribution in [-0.4, -0.2) is 66.9 Å². The Bertz CT molecular complexity index is 429. The first-order chi connectivity index (χ1) is 10.1. The van der Waals surface area contributed by atoms with E-state index in [4.69, 9.17) is 4.74 Å². The van der Waals surface area contributed by atoms with Crippen LogP contribution < -0.4 is 0 Å². The summed E-state index contributed by atoms with van der Waals surface area (Å²) in [5, 5.41) is 38.1. The van der Waals surface area contributed by atoms with E-state index >= 15 is 0 Å². The number of hydrogen-bond donors (Lipinski definition) is 3. The van der Waals surface area contributed by atoms with Crippen LogP contribution >= 0.6 is 11.8 Å². The predicted molar refractivity (Wildman–Crippen MR) is 78.9 cm³/mol. The first-order valence-electron chi connectivity index (χ1n) is 7.18. The molecule has 21 heavy (non-hydrogen) atoms. The van der Waals surface area contributed by atoms with Gasteiger partial charge in [-0.05, 0) is 19.1 Å². The highest BCUT2D eigenvalue weighted by molar-refractivity contribution is 7.99. The van der Waals surface area contributed by atoms with E-state index in [1.54, 1.807) is 6.20 Å². The largest absolute Gasteiger partial charge is 0.394 e. The van der Waals surface area contributed by atoms with Crippen molar-refractivity contribution in [2.45, 2.75) is 56.0 Å². The van der Waals surface area contributed by atoms with Crippen LogP contribution in [0.15, 0.2) is 6.20 Å². The van der Waals surface area contributed by atoms with E-state index in [1.807, 2.05) is 6.26 Å². The normalized spacial score (nSPS) is 33.3. The molecule has 7 nitrogen and oxygen atoms in total. The fourth-order valence-electron chi connectivity index (χ4n) is 2.51. The molecule has 1 aliphatic rings. The molecular formula is C13H23N3O4S. The molecule has 0 saturated carbocycles. The monoisotopic (exact) mass is 317 g/mol. The molecule has 1 fully saturated rings. The SMILES string of the molecule is CCCCc1cn(C2C(O)C(CO)OC(SC)C2O)nn1. The summed E-state index contributed by atoms with van der Waals surface area (Å²) in [5.74, 6) is 0. The van der Waals surface area contributed by atoms with Gasteiger partial charge in [-0.3, -0.25) is 0 Å². The van der Waals surface area contributed by atoms with E-state index in [0.29, 0.717) is 0 Å². The number of nitrogens with zero attached hydrogens (tertiary/aromatic N) is 3. The Hall–Kier alpha value is -0.670. The molecule has 1 aromatic rings. The summed E-state index contributed by atoms with van der Waals surface area (Å²) in [4.78, 5) is 0. The zero-order valence-corrected chi connectivity index (χ0v) is 13.1. The molecule has 1 saturated heterocycles. The first kappa shape index (κ1) is 16.7. The highest BCUT2D eigenvalue weighted by Gasteiger charge is 2.45. The maximum atomic E-state index is 10.4. The van der Waals surface area contributed by atoms with Gasteiger partial charge < -0.3 is 20.1 Å². The lowest BCUT2D eigenvalue weighted by atomic mass is 9.97. The third-order valence-electron chi connectivity index (χ3n) is 3.73. The molecule has 5 atom stereocenters. The smallest absolute Gasteiger partial charge is 0.131 e. The molecule has 1 aromatic heterocycles. The Morgan fingerprint density at radius 3 is 2.76 bits per heavy atom. The maximum Gasteiger partial charge on any atom is 0.131 e. The van der Waals surface area contributed by atoms with E-state index in [1.165, 1.54) is 16.4 Å². The number of aromatic nitrogens is 3. The van der Waals surface area contributed by atoms with Gasteiger partial charge in [0.2, 0.25) is 0 Å². The molecule has 120 valence electrons. The Morgan fingerprint density at radius 2 is 2.14 bits per heavy atom. The van der Waals surface area contributed by atoms with Crippen LogP contribution in [0, 0.1) is 0 Å². The van der Waals surface area contributed by atoms with Crippen molar-refractivity contribution in [1.82, 2.24) is 15.0 Å². The number of unbranched alkanes of at least 4 members (excludes halogenated alkanes) is 1. The number of rotatable bonds is 6. The zero-order chi connectivity index (χ0) is 15.4. The molecule has 1 aliphatic heterocycles. The van der Waals surface area contributed by atoms with Gasteiger partial charge >= 0.3 is 0 Å². The Balaban J connectivity index is 2.19. The quantitative estimate of drug-likeness (QED) is 0.677. The van der Waals surface area contributed by atoms with E-state index < -0.39 is 29.8 Å². The molecule has 0 aromatic carbocycles. The molecule has 2 rings (SSSR count). The highest BCUT2D eigenvalue weighted by Crippen LogP contribution is 2.33. The van der Waals surface area contributed by atoms with Crippen LogP contribution in [0.4, 0.5) is 0 Å². The lowest BCUT2D eigenvalue weighted by Crippen LogP contribution is -2.54. The van der Waals surface area contributed by atoms with Gasteiger partial charge in [-0.1, -0.05) is 18.6 Å². The average molecular weight is 317 g/mol. The van der Waals surface area contributed by atoms with Crippen molar-refractivity contribution >= 4 is 11.8 Å². The number of aliphatic hydroxyl groups is 3. The number of aliphatic hydroxyl groups excluding tert-OH is 3. The molecular weight excluding hydrogens is 294 g/mol. The highest BCUT2D eigenvalue weighted by atomic mass is 32.2. The van der Waals surface area contributed by atoms with Crippen LogP contribution in [0.1, 0.15) is 31.5 Å². The van der Waals surface area contributed by atoms with Gasteiger partial charge in [-0.25, -0.2) is 4.68 Å². The van der Waals surface area contributed by atoms with E-state index in [0.717, 1.165) is 25.0 Å². The second-order valence-corrected chi connectivity index (χ2v) is 6.16. The predicted octanol–water partition coefficient (Wildman–Crippen LogP) is -0.0362. The molecule has 0 bridgehead atoms. The standard InChI is InChI=1S/C13H23N3O4S/c1-3-4-5-8-6-16(15-14-8)10-11(18)9(7-17)20-13(21-2)12(10)19/h6,9-13,17-19H,3-5,7H2,1-2H3. The lowest BCUT2D eigenvalue weighted by molar-refractivity contribution is -0.178. The zero-order valence-electron chi connectivity index (χ0n) is 12.3. The number of ether oxygens (including phenoxy) is 1. The molecule has 8 heteroatoms. The second kappa shape index (κ2) is 7.55. The van der Waals surface area contributed by atoms with Crippen molar-refractivity contribution in [2.75, 3.05) is 12.9 Å². The third kappa shape index (κ3) is 3.57. The Labute approximate surface area is 128 Å². The lowest BCUT2D eigenvalue weighted by Gasteiger charge is -2.41. The molecule has 0 amide bonds. The van der Waals surface area contributed by atoms with E-state index in [2.05, 4.69) is 17.2 Å². The van der Waals surface area contributed by atoms with Crippen LogP contribution in [-0.2, 0) is 11.2 Å². The fourth-order valence-corrected chi connectivity index (χ4v) is 3.20. The van der Waals surface area contributed by atoms with Gasteiger partial charge in [0.1, 0.15) is 29.8 Å². The average Bonchev–Trinajstić information content (AvgIpc) is 2.94. The van der Waals surface area contributed by atoms with Gasteiger partial charge in [-0.2, -0.15) is 0 Å². The van der Waals surface area contributed by atoms with Crippen LogP contribution in [0.5, 0.6) is 0 Å². The van der Waals surface area contributed by atoms with Crippen molar-refractivity contribution in [2.24, 2.45) is 0 Å². The van der Waals surface area contributed by atoms with Crippen LogP contribution in [0.3, 0.4) is 0 Å². The summed E-state index contributed by atoms with van der Waals surface area (Å²) < 4.78 is 6.98. The molecule has 2 heterocycles. The van der Waals surface area contributed by atoms with Gasteiger partial charge in [0.05, 0.1) is 12.3 Å². The summed E-state index contributed by atoms with van der Waals surface area (Å²) in [6, 6.07) is -0.670. The third-order valence-corrected chi connectivity index (χ3v) is 4.59. The molecule has 0 radical (unpaired) electrons. The molecule has 3 N–H and O–H groups in total. The fraction of sp³-hybridized carbons (Fsp3) is 0.846. The van der Waals surface area contributed by atoms with Crippen molar-refractivity contribution in [3.05, 3.63) is 11.9 Å². The van der Waals surface area contributed by atoms with E-state index in [-0.39, 0.29) is 6.61 Å². The van der Waals surface area contributed by atoms with Gasteiger partial charge in [0.15, 0.2) is 0 Å². The molecule has 5 unspecified atom stereocenters. The molecule has 0 aliphatic carbocycles. The maximum absolute atomic E-state index is 10.4. The number of hydrogen-bond acceptors (Lipinski definition) is 7. The number of thioether (sulfide) groups is 1. The Kier molecular flexibility index (Phi) is 6.00. The van der Waals surface area contributed by atoms with Gasteiger partial charge in [0.25, 0.3) is 0 Å². The number of aryl methyl sites for hydroxylation is 1. The van der Waals surface area contributed by atoms with Crippen molar-refractivity contribution in [1.29, 1.82) is 0 Å². The summed E-state index contributed by atoms with van der Waals surface area (Å²) >= 11 is 1.34. The van der Waals surface area contributed by atoms with E-state index in [9.17, 15) is 15.3 Å². The first-order valence-corrected chi connectivity index (χ1v) is 8.47. The summed E-state index contributed by atoms with van der Waals surface area (Å²) in [6.07, 6.45) is 3.78. The molecule has 0 spiro atoms. The Morgan fingerprint density at radius 1 is 1.38 bits per heavy atom. The van der Waals surface area contributed by atoms with Gasteiger partial charge in [0, 0.05) is 6.20 Å². The summed E-state index contributed by atoms with van der Waals surface area (Å²) in [5.41, 5.74) is 0.322. The van der Waals surface area contributed by atoms with Crippen LogP contribution in [0.2, 0.25) is 0 Å². The minimum Gasteiger partial charge on any atom is -0.394 e. The van der Waals surface area contributed by atoms with Crippen molar-refractivity contribution in [3.8, 4) is 0 Å². The minimum atomic E-state index is -1.03. The van der Waals surface area contributed by atoms with Crippen molar-refractivity contribution < 1.29 is 20.1 Å². The summed E-state index contributed by atoms with van der Waals surface area (Å²) in [6.45, 7) is 1.80. The van der Waals surface area contributed by atoms with Crippen LogP contribution in [0.25, 0.3) is 0 Å². The topological polar surface area (TPSA) is 101 Å².